The van der Waals surface area contributed by atoms with E-state index in [9.17, 15) is 4.39 Å². The van der Waals surface area contributed by atoms with Gasteiger partial charge in [-0.2, -0.15) is 0 Å². The van der Waals surface area contributed by atoms with Gasteiger partial charge in [0.05, 0.1) is 5.69 Å². The van der Waals surface area contributed by atoms with Gasteiger partial charge in [-0.15, -0.1) is 0 Å². The predicted molar refractivity (Wildman–Crippen MR) is 73.1 cm³/mol. The Kier molecular flexibility index (Phi) is 2.99. The highest BCUT2D eigenvalue weighted by Crippen LogP contribution is 2.48. The number of fused-ring (bicyclic) bond motifs is 2. The van der Waals surface area contributed by atoms with E-state index in [1.54, 1.807) is 0 Å². The van der Waals surface area contributed by atoms with Gasteiger partial charge in [0.25, 0.3) is 0 Å². The third-order valence-corrected chi connectivity index (χ3v) is 4.57. The van der Waals surface area contributed by atoms with Crippen LogP contribution in [-0.2, 0) is 5.41 Å². The predicted octanol–water partition coefficient (Wildman–Crippen LogP) is 2.94. The topological polar surface area (TPSA) is 15.3 Å². The number of piperidine rings is 1. The van der Waals surface area contributed by atoms with Crippen molar-refractivity contribution in [3.05, 3.63) is 28.5 Å². The van der Waals surface area contributed by atoms with Crippen molar-refractivity contribution in [2.75, 3.05) is 31.1 Å². The van der Waals surface area contributed by atoms with Gasteiger partial charge in [-0.05, 0) is 50.6 Å². The number of nitrogens with zero attached hydrogens (tertiary/aromatic N) is 1. The molecule has 0 amide bonds. The molecule has 1 aromatic carbocycles. The Morgan fingerprint density at radius 2 is 2.11 bits per heavy atom. The molecule has 1 aromatic rings. The molecule has 2 heterocycles. The van der Waals surface area contributed by atoms with Crippen LogP contribution in [0.5, 0.6) is 0 Å². The molecule has 2 aliphatic rings. The van der Waals surface area contributed by atoms with E-state index in [0.29, 0.717) is 5.02 Å². The van der Waals surface area contributed by atoms with Crippen LogP contribution in [0, 0.1) is 5.82 Å². The molecule has 4 heteroatoms. The molecule has 0 bridgehead atoms. The zero-order valence-electron chi connectivity index (χ0n) is 10.6. The van der Waals surface area contributed by atoms with Crippen molar-refractivity contribution in [2.45, 2.75) is 25.2 Å². The molecule has 98 valence electrons. The minimum atomic E-state index is -0.172. The van der Waals surface area contributed by atoms with Gasteiger partial charge >= 0.3 is 0 Å². The summed E-state index contributed by atoms with van der Waals surface area (Å²) in [4.78, 5) is 2.16. The molecule has 1 fully saturated rings. The Morgan fingerprint density at radius 1 is 1.39 bits per heavy atom. The van der Waals surface area contributed by atoms with Crippen molar-refractivity contribution in [3.63, 3.8) is 0 Å². The molecular weight excluding hydrogens is 251 g/mol. The Labute approximate surface area is 112 Å². The molecule has 2 nitrogen and oxygen atoms in total. The average molecular weight is 269 g/mol. The van der Waals surface area contributed by atoms with E-state index in [4.69, 9.17) is 11.6 Å². The van der Waals surface area contributed by atoms with Crippen molar-refractivity contribution in [3.8, 4) is 0 Å². The van der Waals surface area contributed by atoms with Crippen LogP contribution in [0.2, 0.25) is 5.02 Å². The second kappa shape index (κ2) is 4.39. The number of hydrogen-bond donors (Lipinski definition) is 1. The molecule has 1 saturated heterocycles. The highest BCUT2D eigenvalue weighted by atomic mass is 35.5. The van der Waals surface area contributed by atoms with E-state index < -0.39 is 0 Å². The van der Waals surface area contributed by atoms with Crippen LogP contribution in [0.25, 0.3) is 0 Å². The molecule has 1 spiro atoms. The monoisotopic (exact) mass is 268 g/mol. The van der Waals surface area contributed by atoms with Crippen LogP contribution < -0.4 is 10.2 Å². The van der Waals surface area contributed by atoms with Crippen molar-refractivity contribution in [2.24, 2.45) is 0 Å². The molecule has 0 saturated carbocycles. The molecule has 0 aromatic heterocycles. The Hall–Kier alpha value is -0.800. The largest absolute Gasteiger partial charge is 0.368 e. The van der Waals surface area contributed by atoms with Crippen LogP contribution in [0.3, 0.4) is 0 Å². The zero-order chi connectivity index (χ0) is 12.8. The molecule has 0 atom stereocenters. The summed E-state index contributed by atoms with van der Waals surface area (Å²) in [6.07, 6.45) is 2.13. The van der Waals surface area contributed by atoms with Gasteiger partial charge < -0.3 is 10.2 Å². The minimum Gasteiger partial charge on any atom is -0.368 e. The first kappa shape index (κ1) is 12.2. The molecule has 3 rings (SSSR count). The summed E-state index contributed by atoms with van der Waals surface area (Å²) in [6.45, 7) is 5.87. The summed E-state index contributed by atoms with van der Waals surface area (Å²) in [5.74, 6) is -0.172. The lowest BCUT2D eigenvalue weighted by Gasteiger charge is -2.34. The quantitative estimate of drug-likeness (QED) is 0.843. The first-order valence-electron chi connectivity index (χ1n) is 6.61. The number of hydrogen-bond acceptors (Lipinski definition) is 2. The second-order valence-electron chi connectivity index (χ2n) is 5.33. The van der Waals surface area contributed by atoms with E-state index in [2.05, 4.69) is 17.1 Å². The van der Waals surface area contributed by atoms with E-state index >= 15 is 0 Å². The lowest BCUT2D eigenvalue weighted by Crippen LogP contribution is -2.43. The number of anilines is 1. The molecule has 0 unspecified atom stereocenters. The van der Waals surface area contributed by atoms with E-state index in [1.807, 2.05) is 6.07 Å². The minimum absolute atomic E-state index is 0.0995. The molecule has 2 aliphatic heterocycles. The lowest BCUT2D eigenvalue weighted by atomic mass is 9.75. The van der Waals surface area contributed by atoms with Crippen LogP contribution in [-0.4, -0.2) is 26.2 Å². The van der Waals surface area contributed by atoms with Gasteiger partial charge in [0.15, 0.2) is 0 Å². The first-order valence-corrected chi connectivity index (χ1v) is 6.99. The maximum Gasteiger partial charge on any atom is 0.148 e. The summed E-state index contributed by atoms with van der Waals surface area (Å²) in [5.41, 5.74) is 2.00. The second-order valence-corrected chi connectivity index (χ2v) is 5.76. The third-order valence-electron chi connectivity index (χ3n) is 4.35. The highest BCUT2D eigenvalue weighted by molar-refractivity contribution is 6.30. The maximum absolute atomic E-state index is 14.2. The lowest BCUT2D eigenvalue weighted by molar-refractivity contribution is 0.326. The van der Waals surface area contributed by atoms with Crippen LogP contribution >= 0.6 is 11.6 Å². The Balaban J connectivity index is 2.13. The van der Waals surface area contributed by atoms with Gasteiger partial charge in [0.1, 0.15) is 5.82 Å². The van der Waals surface area contributed by atoms with Gasteiger partial charge in [-0.25, -0.2) is 4.39 Å². The van der Waals surface area contributed by atoms with Gasteiger partial charge in [-0.1, -0.05) is 11.6 Å². The third kappa shape index (κ3) is 1.72. The number of benzene rings is 1. The van der Waals surface area contributed by atoms with Crippen LogP contribution in [0.4, 0.5) is 10.1 Å². The van der Waals surface area contributed by atoms with E-state index in [1.165, 1.54) is 6.07 Å². The van der Waals surface area contributed by atoms with Gasteiger partial charge in [0, 0.05) is 23.5 Å². The fraction of sp³-hybridized carbons (Fsp3) is 0.571. The number of likely N-dealkylation sites (N-methyl/N-ethyl adjacent to an activating group) is 1. The normalized spacial score (nSPS) is 21.4. The maximum atomic E-state index is 14.2. The summed E-state index contributed by atoms with van der Waals surface area (Å²) >= 11 is 6.05. The van der Waals surface area contributed by atoms with Crippen LogP contribution in [0.1, 0.15) is 25.3 Å². The summed E-state index contributed by atoms with van der Waals surface area (Å²) in [5, 5.41) is 3.90. The SMILES string of the molecule is CCN1CC2(CCNCC2)c2cc(Cl)cc(F)c21. The number of halogens is 2. The van der Waals surface area contributed by atoms with Gasteiger partial charge in [0.2, 0.25) is 0 Å². The average Bonchev–Trinajstić information content (AvgIpc) is 2.65. The zero-order valence-corrected chi connectivity index (χ0v) is 11.4. The standard InChI is InChI=1S/C14H18ClFN2/c1-2-18-9-14(3-5-17-6-4-14)11-7-10(15)8-12(16)13(11)18/h7-8,17H,2-6,9H2,1H3. The molecule has 1 N–H and O–H groups in total. The summed E-state index contributed by atoms with van der Waals surface area (Å²) < 4.78 is 14.2. The van der Waals surface area contributed by atoms with Crippen molar-refractivity contribution < 1.29 is 4.39 Å². The highest BCUT2D eigenvalue weighted by Gasteiger charge is 2.44. The van der Waals surface area contributed by atoms with Crippen molar-refractivity contribution >= 4 is 17.3 Å². The molecule has 18 heavy (non-hydrogen) atoms. The van der Waals surface area contributed by atoms with Crippen LogP contribution in [0.15, 0.2) is 12.1 Å². The van der Waals surface area contributed by atoms with E-state index in [-0.39, 0.29) is 11.2 Å². The fourth-order valence-electron chi connectivity index (χ4n) is 3.42. The Morgan fingerprint density at radius 3 is 2.78 bits per heavy atom. The molecule has 0 radical (unpaired) electrons. The molecule has 0 aliphatic carbocycles. The van der Waals surface area contributed by atoms with Gasteiger partial charge in [-0.3, -0.25) is 0 Å². The van der Waals surface area contributed by atoms with E-state index in [0.717, 1.165) is 50.3 Å². The van der Waals surface area contributed by atoms with Crippen molar-refractivity contribution in [1.29, 1.82) is 0 Å². The summed E-state index contributed by atoms with van der Waals surface area (Å²) in [6, 6.07) is 3.41. The number of rotatable bonds is 1. The number of nitrogens with one attached hydrogen (secondary N) is 1. The fourth-order valence-corrected chi connectivity index (χ4v) is 3.63. The smallest absolute Gasteiger partial charge is 0.148 e. The molecular formula is C14H18ClFN2. The summed E-state index contributed by atoms with van der Waals surface area (Å²) in [7, 11) is 0. The van der Waals surface area contributed by atoms with Crippen molar-refractivity contribution in [1.82, 2.24) is 5.32 Å². The first-order chi connectivity index (χ1) is 8.66. The Bertz CT molecular complexity index is 469.